The fourth-order valence-corrected chi connectivity index (χ4v) is 12.3. The lowest BCUT2D eigenvalue weighted by Gasteiger charge is -2.22. The highest BCUT2D eigenvalue weighted by molar-refractivity contribution is 6.32. The molecule has 0 fully saturated rings. The van der Waals surface area contributed by atoms with Crippen molar-refractivity contribution in [2.75, 3.05) is 35.6 Å². The van der Waals surface area contributed by atoms with E-state index in [0.29, 0.717) is 110 Å². The van der Waals surface area contributed by atoms with E-state index in [9.17, 15) is 28.8 Å². The van der Waals surface area contributed by atoms with Gasteiger partial charge in [-0.15, -0.1) is 0 Å². The van der Waals surface area contributed by atoms with E-state index in [1.807, 2.05) is 130 Å². The third-order valence-electron chi connectivity index (χ3n) is 16.6. The van der Waals surface area contributed by atoms with Gasteiger partial charge in [0.05, 0.1) is 19.3 Å². The van der Waals surface area contributed by atoms with E-state index < -0.39 is 24.0 Å². The molecule has 0 aliphatic rings. The van der Waals surface area contributed by atoms with Gasteiger partial charge in [-0.25, -0.2) is 0 Å². The number of nitrogens with two attached hydrogens (primary N) is 3. The zero-order valence-corrected chi connectivity index (χ0v) is 53.6. The first-order chi connectivity index (χ1) is 43.9. The van der Waals surface area contributed by atoms with Crippen LogP contribution in [0.4, 0.5) is 17.1 Å². The number of rotatable bonds is 30. The fraction of sp³-hybridized carbons (Fsp3) is 0.314. The van der Waals surface area contributed by atoms with Crippen LogP contribution in [0.15, 0.2) is 127 Å². The molecule has 0 aliphatic heterocycles. The number of amides is 6. The molecular formula is C70H79Cl3N12O6. The SMILES string of the molecule is Cc1[nH]c2ccc(Cl)cc2c1CC(=O)N[C@@H](CCCCN)C(=O)Nc1ccc(C(c2ccc(NC(=O)[C@H](CCCCN)NC(=O)Cc3c(C)[nH]c4ccc(Cl)cc34)cc2)c2ccc(NC(=O)[C@H](CCCCN)NC(=O)Cc3c(C)[nH]c4ccc(Cl)cc34)cc2)cc1. The van der Waals surface area contributed by atoms with Crippen LogP contribution in [-0.4, -0.2) is 88.2 Å². The van der Waals surface area contributed by atoms with Gasteiger partial charge in [-0.1, -0.05) is 71.2 Å². The minimum absolute atomic E-state index is 0.0403. The first kappa shape index (κ1) is 66.9. The van der Waals surface area contributed by atoms with E-state index >= 15 is 0 Å². The second-order valence-corrected chi connectivity index (χ2v) is 24.6. The summed E-state index contributed by atoms with van der Waals surface area (Å²) in [6.45, 7) is 7.02. The third-order valence-corrected chi connectivity index (χ3v) is 17.3. The van der Waals surface area contributed by atoms with Crippen LogP contribution >= 0.6 is 34.8 Å². The van der Waals surface area contributed by atoms with Crippen LogP contribution in [0, 0.1) is 20.8 Å². The van der Waals surface area contributed by atoms with E-state index in [-0.39, 0.29) is 54.7 Å². The Bertz CT molecular complexity index is 3640. The number of carbonyl (C=O) groups is 6. The highest BCUT2D eigenvalue weighted by Gasteiger charge is 2.27. The molecule has 0 aliphatic carbocycles. The second kappa shape index (κ2) is 31.5. The molecule has 476 valence electrons. The number of fused-ring (bicyclic) bond motifs is 3. The average molecular weight is 1290 g/mol. The smallest absolute Gasteiger partial charge is 0.246 e. The molecule has 15 N–H and O–H groups in total. The van der Waals surface area contributed by atoms with Crippen molar-refractivity contribution in [1.82, 2.24) is 30.9 Å². The standard InChI is InChI=1S/C70H79Cl3N12O6/c1-40-52(55-34-46(71)19-28-58(55)77-40)37-64(86)83-61(10-4-7-31-74)68(89)80-49-22-13-43(14-23-49)67(44-15-24-50(25-16-44)81-69(90)62(11-5-8-32-75)84-65(87)38-53-41(2)78-59-29-20-47(72)35-56(53)59)45-17-26-51(27-18-45)82-70(91)63(12-6-9-33-76)85-66(88)39-54-42(3)79-60-30-21-48(73)36-57(54)60/h13-30,34-36,61-63,67,77-79H,4-12,31-33,37-39,74-76H2,1-3H3,(H,80,89)(H,81,90)(H,82,91)(H,83,86)(H,84,87)(H,85,88)/t61-,62-,63-/m0/s1. The Balaban J connectivity index is 0.941. The number of anilines is 3. The Morgan fingerprint density at radius 1 is 0.385 bits per heavy atom. The zero-order chi connectivity index (χ0) is 64.7. The van der Waals surface area contributed by atoms with Gasteiger partial charge in [0.15, 0.2) is 0 Å². The molecule has 9 aromatic rings. The highest BCUT2D eigenvalue weighted by atomic mass is 35.5. The van der Waals surface area contributed by atoms with Crippen molar-refractivity contribution in [2.45, 2.75) is 122 Å². The molecule has 0 spiro atoms. The van der Waals surface area contributed by atoms with Gasteiger partial charge in [0.2, 0.25) is 35.4 Å². The van der Waals surface area contributed by atoms with E-state index in [2.05, 4.69) is 46.9 Å². The summed E-state index contributed by atoms with van der Waals surface area (Å²) < 4.78 is 0. The van der Waals surface area contributed by atoms with Gasteiger partial charge in [-0.3, -0.25) is 28.8 Å². The topological polar surface area (TPSA) is 300 Å². The molecule has 6 amide bonds. The maximum atomic E-state index is 14.1. The first-order valence-corrected chi connectivity index (χ1v) is 32.0. The van der Waals surface area contributed by atoms with Gasteiger partial charge in [-0.05, 0) is 223 Å². The number of carbonyl (C=O) groups excluding carboxylic acids is 6. The van der Waals surface area contributed by atoms with Crippen molar-refractivity contribution < 1.29 is 28.8 Å². The van der Waals surface area contributed by atoms with E-state index in [4.69, 9.17) is 52.0 Å². The molecule has 3 aromatic heterocycles. The minimum Gasteiger partial charge on any atom is -0.358 e. The monoisotopic (exact) mass is 1290 g/mol. The predicted molar refractivity (Wildman–Crippen MR) is 366 cm³/mol. The molecule has 9 rings (SSSR count). The normalized spacial score (nSPS) is 12.5. The number of benzene rings is 6. The van der Waals surface area contributed by atoms with Crippen molar-refractivity contribution in [3.05, 3.63) is 193 Å². The van der Waals surface area contributed by atoms with Gasteiger partial charge in [0.1, 0.15) is 18.1 Å². The largest absolute Gasteiger partial charge is 0.358 e. The van der Waals surface area contributed by atoms with Crippen LogP contribution in [0.2, 0.25) is 15.1 Å². The second-order valence-electron chi connectivity index (χ2n) is 23.3. The van der Waals surface area contributed by atoms with Crippen molar-refractivity contribution in [3.8, 4) is 0 Å². The number of H-pyrrole nitrogens is 3. The van der Waals surface area contributed by atoms with Gasteiger partial charge in [-0.2, -0.15) is 0 Å². The number of hydrogen-bond donors (Lipinski definition) is 12. The maximum Gasteiger partial charge on any atom is 0.246 e. The van der Waals surface area contributed by atoms with Crippen LogP contribution in [0.1, 0.15) is 114 Å². The maximum absolute atomic E-state index is 14.1. The third kappa shape index (κ3) is 17.5. The van der Waals surface area contributed by atoms with Crippen molar-refractivity contribution in [1.29, 1.82) is 0 Å². The molecular weight excluding hydrogens is 1210 g/mol. The van der Waals surface area contributed by atoms with Crippen LogP contribution in [0.5, 0.6) is 0 Å². The lowest BCUT2D eigenvalue weighted by molar-refractivity contribution is -0.126. The van der Waals surface area contributed by atoms with Gasteiger partial charge < -0.3 is 64.1 Å². The van der Waals surface area contributed by atoms with Gasteiger partial charge >= 0.3 is 0 Å². The number of halogens is 3. The number of unbranched alkanes of at least 4 members (excludes halogenated alkanes) is 3. The molecule has 0 saturated carbocycles. The Morgan fingerprint density at radius 2 is 0.648 bits per heavy atom. The zero-order valence-electron chi connectivity index (χ0n) is 51.4. The summed E-state index contributed by atoms with van der Waals surface area (Å²) in [5.74, 6) is -2.49. The van der Waals surface area contributed by atoms with Gasteiger partial charge in [0, 0.05) is 87.8 Å². The van der Waals surface area contributed by atoms with Crippen LogP contribution < -0.4 is 49.1 Å². The lowest BCUT2D eigenvalue weighted by Crippen LogP contribution is -2.44. The van der Waals surface area contributed by atoms with E-state index in [0.717, 1.165) is 83.2 Å². The lowest BCUT2D eigenvalue weighted by atomic mass is 9.85. The molecule has 21 heteroatoms. The first-order valence-electron chi connectivity index (χ1n) is 30.9. The molecule has 0 saturated heterocycles. The number of aromatic amines is 3. The quantitative estimate of drug-likeness (QED) is 0.0150. The fourth-order valence-electron chi connectivity index (χ4n) is 11.8. The Kier molecular flexibility index (Phi) is 23.2. The number of hydrogen-bond acceptors (Lipinski definition) is 9. The molecule has 3 heterocycles. The molecule has 0 bridgehead atoms. The number of aromatic nitrogens is 3. The van der Waals surface area contributed by atoms with Crippen LogP contribution in [0.25, 0.3) is 32.7 Å². The summed E-state index contributed by atoms with van der Waals surface area (Å²) in [4.78, 5) is 93.5. The van der Waals surface area contributed by atoms with E-state index in [1.165, 1.54) is 0 Å². The summed E-state index contributed by atoms with van der Waals surface area (Å²) >= 11 is 19.0. The molecule has 3 atom stereocenters. The summed E-state index contributed by atoms with van der Waals surface area (Å²) in [6.07, 6.45) is 5.10. The summed E-state index contributed by atoms with van der Waals surface area (Å²) in [6, 6.07) is 36.3. The average Bonchev–Trinajstić information content (AvgIpc) is 1.98. The summed E-state index contributed by atoms with van der Waals surface area (Å²) in [5.41, 5.74) is 29.1. The molecule has 0 unspecified atom stereocenters. The number of nitrogens with one attached hydrogen (secondary N) is 9. The van der Waals surface area contributed by atoms with Gasteiger partial charge in [0.25, 0.3) is 0 Å². The van der Waals surface area contributed by atoms with Crippen molar-refractivity contribution in [2.24, 2.45) is 17.2 Å². The molecule has 18 nitrogen and oxygen atoms in total. The van der Waals surface area contributed by atoms with E-state index in [1.54, 1.807) is 18.2 Å². The van der Waals surface area contributed by atoms with Crippen molar-refractivity contribution in [3.63, 3.8) is 0 Å². The number of aryl methyl sites for hydroxylation is 3. The molecule has 91 heavy (non-hydrogen) atoms. The van der Waals surface area contributed by atoms with Crippen molar-refractivity contribution >= 4 is 120 Å². The summed E-state index contributed by atoms with van der Waals surface area (Å²) in [5, 5.41) is 22.2. The molecule has 0 radical (unpaired) electrons. The molecule has 6 aromatic carbocycles. The Morgan fingerprint density at radius 3 is 0.901 bits per heavy atom. The minimum atomic E-state index is -0.849. The highest BCUT2D eigenvalue weighted by Crippen LogP contribution is 2.35. The summed E-state index contributed by atoms with van der Waals surface area (Å²) in [7, 11) is 0. The Labute approximate surface area is 544 Å². The predicted octanol–water partition coefficient (Wildman–Crippen LogP) is 11.6. The van der Waals surface area contributed by atoms with Crippen LogP contribution in [-0.2, 0) is 48.0 Å². The van der Waals surface area contributed by atoms with Crippen LogP contribution in [0.3, 0.4) is 0 Å². The Hall–Kier alpha value is -8.49.